The molecule has 34 heavy (non-hydrogen) atoms. The number of ether oxygens (including phenoxy) is 1. The Labute approximate surface area is 196 Å². The zero-order valence-corrected chi connectivity index (χ0v) is 18.8. The van der Waals surface area contributed by atoms with E-state index in [0.717, 1.165) is 28.3 Å². The Hall–Kier alpha value is -4.20. The molecule has 0 atom stereocenters. The van der Waals surface area contributed by atoms with Crippen molar-refractivity contribution in [2.24, 2.45) is 0 Å². The monoisotopic (exact) mass is 461 g/mol. The van der Waals surface area contributed by atoms with Gasteiger partial charge in [-0.3, -0.25) is 14.9 Å². The number of amides is 4. The van der Waals surface area contributed by atoms with Gasteiger partial charge in [-0.1, -0.05) is 32.0 Å². The van der Waals surface area contributed by atoms with Gasteiger partial charge in [-0.2, -0.15) is 0 Å². The second-order valence-corrected chi connectivity index (χ2v) is 8.10. The lowest BCUT2D eigenvalue weighted by atomic mass is 10.0. The lowest BCUT2D eigenvalue weighted by molar-refractivity contribution is -0.122. The predicted molar refractivity (Wildman–Crippen MR) is 126 cm³/mol. The number of anilines is 1. The van der Waals surface area contributed by atoms with Gasteiger partial charge in [0, 0.05) is 11.9 Å². The largest absolute Gasteiger partial charge is 0.491 e. The molecular weight excluding hydrogens is 437 g/mol. The second-order valence-electron chi connectivity index (χ2n) is 8.10. The number of benzene rings is 2. The third kappa shape index (κ3) is 4.76. The second kappa shape index (κ2) is 9.74. The summed E-state index contributed by atoms with van der Waals surface area (Å²) in [6.45, 7) is 5.07. The maximum Gasteiger partial charge on any atom is 0.335 e. The lowest BCUT2D eigenvalue weighted by Gasteiger charge is -2.26. The van der Waals surface area contributed by atoms with Gasteiger partial charge in [0.1, 0.15) is 23.7 Å². The van der Waals surface area contributed by atoms with Gasteiger partial charge < -0.3 is 9.30 Å². The van der Waals surface area contributed by atoms with Gasteiger partial charge in [-0.25, -0.2) is 14.1 Å². The molecule has 0 bridgehead atoms. The topological polar surface area (TPSA) is 80.6 Å². The van der Waals surface area contributed by atoms with Crippen LogP contribution in [0.15, 0.2) is 72.4 Å². The number of hydrogen-bond donors (Lipinski definition) is 1. The summed E-state index contributed by atoms with van der Waals surface area (Å²) in [4.78, 5) is 38.6. The minimum Gasteiger partial charge on any atom is -0.491 e. The Morgan fingerprint density at radius 1 is 1.00 bits per heavy atom. The third-order valence-corrected chi connectivity index (χ3v) is 5.47. The van der Waals surface area contributed by atoms with Crippen molar-refractivity contribution >= 4 is 29.6 Å². The van der Waals surface area contributed by atoms with Crippen molar-refractivity contribution in [3.8, 4) is 5.75 Å². The number of carbonyl (C=O) groups excluding carboxylic acids is 3. The third-order valence-electron chi connectivity index (χ3n) is 5.47. The first kappa shape index (κ1) is 23.0. The molecule has 1 saturated heterocycles. The highest BCUT2D eigenvalue weighted by Crippen LogP contribution is 2.26. The molecule has 0 spiro atoms. The smallest absolute Gasteiger partial charge is 0.335 e. The van der Waals surface area contributed by atoms with E-state index in [2.05, 4.69) is 19.2 Å². The van der Waals surface area contributed by atoms with Crippen molar-refractivity contribution in [1.29, 1.82) is 0 Å². The molecule has 0 aliphatic carbocycles. The van der Waals surface area contributed by atoms with Gasteiger partial charge >= 0.3 is 6.03 Å². The van der Waals surface area contributed by atoms with Crippen molar-refractivity contribution < 1.29 is 23.5 Å². The van der Waals surface area contributed by atoms with E-state index in [-0.39, 0.29) is 11.3 Å². The molecule has 1 aromatic heterocycles. The molecule has 2 aromatic carbocycles. The van der Waals surface area contributed by atoms with Gasteiger partial charge in [0.05, 0.1) is 12.2 Å². The fourth-order valence-corrected chi connectivity index (χ4v) is 3.73. The van der Waals surface area contributed by atoms with Crippen LogP contribution < -0.4 is 15.0 Å². The maximum absolute atomic E-state index is 13.3. The van der Waals surface area contributed by atoms with E-state index in [4.69, 9.17) is 4.74 Å². The number of carbonyl (C=O) groups is 3. The predicted octanol–water partition coefficient (Wildman–Crippen LogP) is 4.50. The summed E-state index contributed by atoms with van der Waals surface area (Å²) in [5.74, 6) is -0.930. The van der Waals surface area contributed by atoms with Crippen LogP contribution in [0.1, 0.15) is 31.0 Å². The Morgan fingerprint density at radius 3 is 2.47 bits per heavy atom. The van der Waals surface area contributed by atoms with Crippen LogP contribution in [0.3, 0.4) is 0 Å². The first-order chi connectivity index (χ1) is 16.3. The van der Waals surface area contributed by atoms with Gasteiger partial charge in [-0.05, 0) is 60.0 Å². The zero-order valence-electron chi connectivity index (χ0n) is 18.8. The molecule has 1 N–H and O–H groups in total. The fourth-order valence-electron chi connectivity index (χ4n) is 3.73. The Bertz CT molecular complexity index is 1260. The molecule has 4 amide bonds. The molecule has 174 valence electrons. The van der Waals surface area contributed by atoms with Crippen molar-refractivity contribution in [2.45, 2.75) is 26.3 Å². The number of aromatic nitrogens is 1. The molecule has 8 heteroatoms. The van der Waals surface area contributed by atoms with E-state index >= 15 is 0 Å². The molecule has 0 saturated carbocycles. The number of imide groups is 2. The summed E-state index contributed by atoms with van der Waals surface area (Å²) in [5.41, 5.74) is 1.69. The summed E-state index contributed by atoms with van der Waals surface area (Å²) >= 11 is 0. The minimum absolute atomic E-state index is 0.162. The highest BCUT2D eigenvalue weighted by molar-refractivity contribution is 6.39. The van der Waals surface area contributed by atoms with Crippen molar-refractivity contribution in [3.63, 3.8) is 0 Å². The van der Waals surface area contributed by atoms with Gasteiger partial charge in [0.15, 0.2) is 0 Å². The minimum atomic E-state index is -0.883. The SMILES string of the molecule is CC(C)c1ccccc1OCCn1cccc1/C=C1/C(=O)NC(=O)N(c2ccc(F)cc2)C1=O. The zero-order chi connectivity index (χ0) is 24.2. The highest BCUT2D eigenvalue weighted by atomic mass is 19.1. The van der Waals surface area contributed by atoms with Crippen LogP contribution in [-0.4, -0.2) is 29.0 Å². The van der Waals surface area contributed by atoms with Crippen molar-refractivity contribution in [2.75, 3.05) is 11.5 Å². The van der Waals surface area contributed by atoms with Crippen molar-refractivity contribution in [3.05, 3.63) is 89.5 Å². The molecule has 1 aliphatic heterocycles. The summed E-state index contributed by atoms with van der Waals surface area (Å²) in [5, 5.41) is 2.17. The number of hydrogen-bond acceptors (Lipinski definition) is 4. The van der Waals surface area contributed by atoms with Crippen LogP contribution in [0, 0.1) is 5.82 Å². The maximum atomic E-state index is 13.3. The van der Waals surface area contributed by atoms with E-state index in [0.29, 0.717) is 24.8 Å². The molecule has 1 fully saturated rings. The standard InChI is InChI=1S/C26H24FN3O4/c1-17(2)21-7-3-4-8-23(21)34-15-14-29-13-5-6-20(29)16-22-24(31)28-26(33)30(25(22)32)19-11-9-18(27)10-12-19/h3-13,16-17H,14-15H2,1-2H3,(H,28,31,33)/b22-16-. The number of para-hydroxylation sites is 1. The van der Waals surface area contributed by atoms with E-state index in [1.165, 1.54) is 18.2 Å². The van der Waals surface area contributed by atoms with E-state index in [1.54, 1.807) is 12.1 Å². The quantitative estimate of drug-likeness (QED) is 0.415. The van der Waals surface area contributed by atoms with Crippen LogP contribution in [0.5, 0.6) is 5.75 Å². The Balaban J connectivity index is 1.52. The Kier molecular flexibility index (Phi) is 6.58. The van der Waals surface area contributed by atoms with Crippen LogP contribution >= 0.6 is 0 Å². The van der Waals surface area contributed by atoms with E-state index in [1.807, 2.05) is 35.0 Å². The van der Waals surface area contributed by atoms with Gasteiger partial charge in [0.2, 0.25) is 0 Å². The number of urea groups is 1. The first-order valence-electron chi connectivity index (χ1n) is 10.9. The fraction of sp³-hybridized carbons (Fsp3) is 0.192. The lowest BCUT2D eigenvalue weighted by Crippen LogP contribution is -2.54. The summed E-state index contributed by atoms with van der Waals surface area (Å²) in [6, 6.07) is 15.4. The molecule has 0 radical (unpaired) electrons. The molecule has 3 aromatic rings. The number of nitrogens with zero attached hydrogens (tertiary/aromatic N) is 2. The van der Waals surface area contributed by atoms with E-state index in [9.17, 15) is 18.8 Å². The van der Waals surface area contributed by atoms with Gasteiger partial charge in [-0.15, -0.1) is 0 Å². The molecule has 1 aliphatic rings. The number of rotatable bonds is 7. The summed E-state index contributed by atoms with van der Waals surface area (Å²) in [6.07, 6.45) is 3.25. The van der Waals surface area contributed by atoms with Crippen LogP contribution in [0.2, 0.25) is 0 Å². The molecule has 2 heterocycles. The number of nitrogens with one attached hydrogen (secondary N) is 1. The molecule has 0 unspecified atom stereocenters. The Morgan fingerprint density at radius 2 is 1.74 bits per heavy atom. The summed E-state index contributed by atoms with van der Waals surface area (Å²) < 4.78 is 21.1. The van der Waals surface area contributed by atoms with Crippen LogP contribution in [0.25, 0.3) is 6.08 Å². The number of barbiturate groups is 1. The molecule has 7 nitrogen and oxygen atoms in total. The van der Waals surface area contributed by atoms with Crippen LogP contribution in [0.4, 0.5) is 14.9 Å². The highest BCUT2D eigenvalue weighted by Gasteiger charge is 2.37. The van der Waals surface area contributed by atoms with Gasteiger partial charge in [0.25, 0.3) is 11.8 Å². The molecule has 4 rings (SSSR count). The average molecular weight is 461 g/mol. The normalized spacial score (nSPS) is 15.2. The molecular formula is C26H24FN3O4. The number of halogens is 1. The van der Waals surface area contributed by atoms with Crippen LogP contribution in [-0.2, 0) is 16.1 Å². The summed E-state index contributed by atoms with van der Waals surface area (Å²) in [7, 11) is 0. The van der Waals surface area contributed by atoms with E-state index < -0.39 is 23.7 Å². The average Bonchev–Trinajstić information content (AvgIpc) is 3.25. The first-order valence-corrected chi connectivity index (χ1v) is 10.9. The van der Waals surface area contributed by atoms with Crippen molar-refractivity contribution in [1.82, 2.24) is 9.88 Å².